The van der Waals surface area contributed by atoms with E-state index in [-0.39, 0.29) is 11.8 Å². The first-order valence-electron chi connectivity index (χ1n) is 7.80. The van der Waals surface area contributed by atoms with E-state index in [1.54, 1.807) is 18.5 Å². The molecule has 0 saturated carbocycles. The molecule has 2 fully saturated rings. The molecule has 7 heteroatoms. The van der Waals surface area contributed by atoms with Crippen LogP contribution in [0.5, 0.6) is 0 Å². The summed E-state index contributed by atoms with van der Waals surface area (Å²) in [6, 6.07) is 3.25. The highest BCUT2D eigenvalue weighted by atomic mass is 16.2. The first kappa shape index (κ1) is 13.9. The number of carbonyl (C=O) groups is 2. The average Bonchev–Trinajstić information content (AvgIpc) is 2.90. The van der Waals surface area contributed by atoms with E-state index in [2.05, 4.69) is 25.5 Å². The van der Waals surface area contributed by atoms with E-state index in [0.717, 1.165) is 29.8 Å². The Bertz CT molecular complexity index is 787. The molecule has 118 valence electrons. The van der Waals surface area contributed by atoms with Gasteiger partial charge in [-0.25, -0.2) is 4.98 Å². The van der Waals surface area contributed by atoms with Crippen LogP contribution < -0.4 is 15.5 Å². The zero-order valence-corrected chi connectivity index (χ0v) is 12.6. The van der Waals surface area contributed by atoms with Gasteiger partial charge in [0.2, 0.25) is 5.91 Å². The van der Waals surface area contributed by atoms with Crippen molar-refractivity contribution in [2.45, 2.75) is 18.9 Å². The Morgan fingerprint density at radius 2 is 2.13 bits per heavy atom. The van der Waals surface area contributed by atoms with Crippen LogP contribution in [0.4, 0.5) is 5.82 Å². The molecule has 0 radical (unpaired) electrons. The van der Waals surface area contributed by atoms with Crippen molar-refractivity contribution in [2.75, 3.05) is 24.5 Å². The molecular weight excluding hydrogens is 294 g/mol. The lowest BCUT2D eigenvalue weighted by Gasteiger charge is -2.31. The third kappa shape index (κ3) is 2.58. The number of nitrogens with zero attached hydrogens (tertiary/aromatic N) is 3. The Morgan fingerprint density at radius 1 is 1.26 bits per heavy atom. The van der Waals surface area contributed by atoms with E-state index in [1.165, 1.54) is 6.42 Å². The maximum atomic E-state index is 12.3. The van der Waals surface area contributed by atoms with Crippen molar-refractivity contribution < 1.29 is 9.59 Å². The van der Waals surface area contributed by atoms with Crippen LogP contribution in [0.2, 0.25) is 0 Å². The van der Waals surface area contributed by atoms with Gasteiger partial charge in [-0.1, -0.05) is 0 Å². The van der Waals surface area contributed by atoms with E-state index in [1.807, 2.05) is 6.07 Å². The fourth-order valence-electron chi connectivity index (χ4n) is 2.83. The minimum absolute atomic E-state index is 0.132. The molecule has 0 aliphatic carbocycles. The molecular formula is C16H17N5O2. The summed E-state index contributed by atoms with van der Waals surface area (Å²) in [5.41, 5.74) is 1.26. The first-order valence-corrected chi connectivity index (χ1v) is 7.80. The van der Waals surface area contributed by atoms with Gasteiger partial charge in [-0.2, -0.15) is 0 Å². The third-order valence-corrected chi connectivity index (χ3v) is 4.35. The Hall–Kier alpha value is -2.70. The molecule has 4 rings (SSSR count). The second-order valence-corrected chi connectivity index (χ2v) is 5.91. The minimum atomic E-state index is -0.454. The topological polar surface area (TPSA) is 87.2 Å². The fourth-order valence-corrected chi connectivity index (χ4v) is 2.83. The van der Waals surface area contributed by atoms with Crippen molar-refractivity contribution in [1.29, 1.82) is 0 Å². The van der Waals surface area contributed by atoms with Crippen LogP contribution in [0.1, 0.15) is 23.2 Å². The van der Waals surface area contributed by atoms with Crippen LogP contribution in [-0.4, -0.2) is 47.5 Å². The predicted molar refractivity (Wildman–Crippen MR) is 85.2 cm³/mol. The summed E-state index contributed by atoms with van der Waals surface area (Å²) in [5.74, 6) is 0.511. The van der Waals surface area contributed by atoms with Crippen molar-refractivity contribution in [1.82, 2.24) is 20.6 Å². The van der Waals surface area contributed by atoms with E-state index < -0.39 is 6.04 Å². The van der Waals surface area contributed by atoms with E-state index in [0.29, 0.717) is 18.5 Å². The molecule has 23 heavy (non-hydrogen) atoms. The quantitative estimate of drug-likeness (QED) is 0.860. The highest BCUT2D eigenvalue weighted by molar-refractivity contribution is 6.00. The molecule has 2 aromatic rings. The minimum Gasteiger partial charge on any atom is -0.356 e. The molecule has 7 nitrogen and oxygen atoms in total. The Labute approximate surface area is 133 Å². The number of amides is 2. The van der Waals surface area contributed by atoms with Gasteiger partial charge in [0, 0.05) is 43.5 Å². The van der Waals surface area contributed by atoms with Crippen molar-refractivity contribution in [3.05, 3.63) is 30.1 Å². The molecule has 1 unspecified atom stereocenters. The molecule has 1 atom stereocenters. The van der Waals surface area contributed by atoms with Gasteiger partial charge >= 0.3 is 0 Å². The highest BCUT2D eigenvalue weighted by Crippen LogP contribution is 2.22. The van der Waals surface area contributed by atoms with Crippen LogP contribution in [0.25, 0.3) is 10.9 Å². The van der Waals surface area contributed by atoms with Gasteiger partial charge in [0.05, 0.1) is 11.1 Å². The number of nitrogens with one attached hydrogen (secondary N) is 2. The van der Waals surface area contributed by atoms with Crippen molar-refractivity contribution in [2.24, 2.45) is 0 Å². The standard InChI is InChI=1S/C16H17N5O2/c22-15(20-12-2-3-17-16(12)23)11-6-10-8-19-14(21-4-1-5-21)7-13(10)18-9-11/h6-9,12H,1-5H2,(H,17,23)(H,20,22). The number of aromatic nitrogens is 2. The largest absolute Gasteiger partial charge is 0.356 e. The summed E-state index contributed by atoms with van der Waals surface area (Å²) in [6.07, 6.45) is 5.10. The Kier molecular flexibility index (Phi) is 3.33. The van der Waals surface area contributed by atoms with Gasteiger partial charge in [-0.05, 0) is 18.9 Å². The second kappa shape index (κ2) is 5.49. The van der Waals surface area contributed by atoms with Gasteiger partial charge in [-0.15, -0.1) is 0 Å². The van der Waals surface area contributed by atoms with Crippen LogP contribution in [0, 0.1) is 0 Å². The molecule has 2 saturated heterocycles. The Morgan fingerprint density at radius 3 is 2.83 bits per heavy atom. The number of hydrogen-bond donors (Lipinski definition) is 2. The van der Waals surface area contributed by atoms with Crippen LogP contribution >= 0.6 is 0 Å². The summed E-state index contributed by atoms with van der Waals surface area (Å²) >= 11 is 0. The van der Waals surface area contributed by atoms with E-state index >= 15 is 0 Å². The molecule has 0 aromatic carbocycles. The van der Waals surface area contributed by atoms with E-state index in [9.17, 15) is 9.59 Å². The average molecular weight is 311 g/mol. The van der Waals surface area contributed by atoms with Crippen LogP contribution in [0.15, 0.2) is 24.5 Å². The normalized spacial score (nSPS) is 20.3. The SMILES string of the molecule is O=C(NC1CCNC1=O)c1cnc2cc(N3CCC3)ncc2c1. The zero-order valence-electron chi connectivity index (χ0n) is 12.6. The van der Waals surface area contributed by atoms with Crippen LogP contribution in [-0.2, 0) is 4.79 Å². The third-order valence-electron chi connectivity index (χ3n) is 4.35. The summed E-state index contributed by atoms with van der Waals surface area (Å²) < 4.78 is 0. The Balaban J connectivity index is 1.56. The lowest BCUT2D eigenvalue weighted by molar-refractivity contribution is -0.120. The fraction of sp³-hybridized carbons (Fsp3) is 0.375. The summed E-state index contributed by atoms with van der Waals surface area (Å²) in [5, 5.41) is 6.26. The monoisotopic (exact) mass is 311 g/mol. The van der Waals surface area contributed by atoms with Gasteiger partial charge in [0.1, 0.15) is 11.9 Å². The molecule has 2 aromatic heterocycles. The van der Waals surface area contributed by atoms with Crippen LogP contribution in [0.3, 0.4) is 0 Å². The van der Waals surface area contributed by atoms with E-state index in [4.69, 9.17) is 0 Å². The number of anilines is 1. The van der Waals surface area contributed by atoms with Crippen molar-refractivity contribution >= 4 is 28.5 Å². The van der Waals surface area contributed by atoms with Gasteiger partial charge < -0.3 is 15.5 Å². The maximum Gasteiger partial charge on any atom is 0.253 e. The van der Waals surface area contributed by atoms with Crippen molar-refractivity contribution in [3.8, 4) is 0 Å². The lowest BCUT2D eigenvalue weighted by Crippen LogP contribution is -2.40. The molecule has 2 aliphatic heterocycles. The van der Waals surface area contributed by atoms with Crippen molar-refractivity contribution in [3.63, 3.8) is 0 Å². The number of carbonyl (C=O) groups excluding carboxylic acids is 2. The smallest absolute Gasteiger partial charge is 0.253 e. The molecule has 0 spiro atoms. The first-order chi connectivity index (χ1) is 11.2. The number of pyridine rings is 2. The number of rotatable bonds is 3. The van der Waals surface area contributed by atoms with Gasteiger partial charge in [0.15, 0.2) is 0 Å². The molecule has 0 bridgehead atoms. The molecule has 4 heterocycles. The lowest BCUT2D eigenvalue weighted by atomic mass is 10.1. The highest BCUT2D eigenvalue weighted by Gasteiger charge is 2.26. The number of hydrogen-bond acceptors (Lipinski definition) is 5. The second-order valence-electron chi connectivity index (χ2n) is 5.91. The molecule has 2 amide bonds. The van der Waals surface area contributed by atoms with Gasteiger partial charge in [-0.3, -0.25) is 14.6 Å². The predicted octanol–water partition coefficient (Wildman–Crippen LogP) is 0.458. The van der Waals surface area contributed by atoms with Gasteiger partial charge in [0.25, 0.3) is 5.91 Å². The summed E-state index contributed by atoms with van der Waals surface area (Å²) in [7, 11) is 0. The molecule has 2 N–H and O–H groups in total. The summed E-state index contributed by atoms with van der Waals surface area (Å²) in [4.78, 5) is 34.8. The zero-order chi connectivity index (χ0) is 15.8. The molecule has 2 aliphatic rings. The number of fused-ring (bicyclic) bond motifs is 1. The maximum absolute atomic E-state index is 12.3. The summed E-state index contributed by atoms with van der Waals surface area (Å²) in [6.45, 7) is 2.66.